The largest absolute Gasteiger partial charge is 0.391 e. The van der Waals surface area contributed by atoms with Crippen LogP contribution in [0.1, 0.15) is 128 Å². The quantitative estimate of drug-likeness (QED) is 0.0339. The Hall–Kier alpha value is -8.63. The zero-order chi connectivity index (χ0) is 61.9. The molecule has 0 saturated carbocycles. The van der Waals surface area contributed by atoms with Crippen LogP contribution in [0.4, 0.5) is 5.82 Å². The summed E-state index contributed by atoms with van der Waals surface area (Å²) in [6.45, 7) is 13.9. The van der Waals surface area contributed by atoms with Crippen LogP contribution in [0, 0.1) is 24.2 Å². The minimum Gasteiger partial charge on any atom is -0.391 e. The van der Waals surface area contributed by atoms with Gasteiger partial charge in [-0.15, -0.1) is 11.3 Å². The molecule has 0 radical (unpaired) electrons. The number of thiazole rings is 1. The topological polar surface area (TPSA) is 206 Å². The number of hydrogen-bond donors (Lipinski definition) is 4. The maximum absolute atomic E-state index is 14.2. The van der Waals surface area contributed by atoms with Crippen molar-refractivity contribution in [2.24, 2.45) is 5.41 Å². The van der Waals surface area contributed by atoms with Gasteiger partial charge in [-0.3, -0.25) is 33.9 Å². The molecule has 2 saturated heterocycles. The summed E-state index contributed by atoms with van der Waals surface area (Å²) in [6, 6.07) is 31.7. The molecule has 10 rings (SSSR count). The highest BCUT2D eigenvalue weighted by Gasteiger charge is 2.45. The van der Waals surface area contributed by atoms with Crippen LogP contribution in [-0.2, 0) is 32.1 Å². The van der Waals surface area contributed by atoms with Crippen LogP contribution in [0.3, 0.4) is 0 Å². The predicted molar refractivity (Wildman–Crippen MR) is 347 cm³/mol. The molecule has 7 aromatic rings. The lowest BCUT2D eigenvalue weighted by atomic mass is 9.85. The average molecular weight is 1200 g/mol. The Morgan fingerprint density at radius 1 is 0.795 bits per heavy atom. The van der Waals surface area contributed by atoms with E-state index in [1.54, 1.807) is 17.5 Å². The van der Waals surface area contributed by atoms with Gasteiger partial charge in [0.2, 0.25) is 23.6 Å². The Balaban J connectivity index is 0.604. The number of aryl methyl sites for hydroxylation is 1. The molecule has 18 heteroatoms. The third-order valence-electron chi connectivity index (χ3n) is 16.8. The van der Waals surface area contributed by atoms with Crippen molar-refractivity contribution < 1.29 is 29.1 Å². The number of aliphatic hydroxyl groups is 1. The maximum Gasteiger partial charge on any atom is 0.254 e. The molecule has 3 aromatic heterocycles. The number of carbonyl (C=O) groups is 5. The van der Waals surface area contributed by atoms with Crippen molar-refractivity contribution in [1.82, 2.24) is 50.2 Å². The van der Waals surface area contributed by atoms with E-state index in [9.17, 15) is 29.1 Å². The van der Waals surface area contributed by atoms with E-state index in [1.807, 2.05) is 172 Å². The van der Waals surface area contributed by atoms with Gasteiger partial charge in [-0.05, 0) is 97.2 Å². The van der Waals surface area contributed by atoms with Crippen molar-refractivity contribution in [3.8, 4) is 33.7 Å². The standard InChI is InChI=1S/C70H79N11O6S/c1-46(51-29-31-52(32-30-51)63-47(2)73-45-88-63)74-67(85)60-41-56(82)43-81(60)69(87)64(70(3,4)5)76-61(83)17-9-7-8-10-18-62(84)79-38-36-78(37-39-79)34-13-14-48-19-21-49(22-20-48)23-24-50-25-27-53(28-26-50)68(86)80-35-33-57-59(44-80)75-65(77-66(57)71-6)55-40-54-15-11-12-16-58(54)72-42-55/h11-12,15-16,19-32,40,42,45-46,56,60,64,82H,7-10,17-18,33-39,41,43-44H2,1-6H3,(H,74,85)(H,76,83)(H,71,75,77)/b24-23+/t46-,56+,60-,64+/m0/s1. The Morgan fingerprint density at radius 3 is 2.19 bits per heavy atom. The van der Waals surface area contributed by atoms with E-state index in [1.165, 1.54) is 4.90 Å². The summed E-state index contributed by atoms with van der Waals surface area (Å²) in [5, 5.41) is 21.0. The van der Waals surface area contributed by atoms with Gasteiger partial charge in [-0.25, -0.2) is 15.0 Å². The predicted octanol–water partition coefficient (Wildman–Crippen LogP) is 9.74. The Kier molecular flexibility index (Phi) is 20.2. The highest BCUT2D eigenvalue weighted by molar-refractivity contribution is 7.13. The van der Waals surface area contributed by atoms with E-state index in [2.05, 4.69) is 42.7 Å². The fraction of sp³-hybridized carbons (Fsp3) is 0.386. The van der Waals surface area contributed by atoms with Crippen molar-refractivity contribution in [3.63, 3.8) is 0 Å². The Labute approximate surface area is 520 Å². The number of likely N-dealkylation sites (tertiary alicyclic amines) is 1. The van der Waals surface area contributed by atoms with Gasteiger partial charge in [0.15, 0.2) is 5.82 Å². The number of aromatic nitrogens is 4. The molecule has 2 fully saturated rings. The first-order valence-corrected chi connectivity index (χ1v) is 31.5. The second-order valence-corrected chi connectivity index (χ2v) is 25.2. The zero-order valence-electron chi connectivity index (χ0n) is 51.2. The molecule has 0 aliphatic carbocycles. The summed E-state index contributed by atoms with van der Waals surface area (Å²) < 4.78 is 0. The number of benzene rings is 4. The molecule has 88 heavy (non-hydrogen) atoms. The molecule has 17 nitrogen and oxygen atoms in total. The second kappa shape index (κ2) is 28.5. The van der Waals surface area contributed by atoms with Crippen LogP contribution in [0.2, 0.25) is 0 Å². The molecule has 5 amide bonds. The van der Waals surface area contributed by atoms with Crippen LogP contribution < -0.4 is 16.0 Å². The van der Waals surface area contributed by atoms with Gasteiger partial charge in [-0.1, -0.05) is 124 Å². The average Bonchev–Trinajstić information content (AvgIpc) is 2.03. The minimum absolute atomic E-state index is 0.00531. The Morgan fingerprint density at radius 2 is 1.50 bits per heavy atom. The maximum atomic E-state index is 14.2. The molecule has 0 unspecified atom stereocenters. The van der Waals surface area contributed by atoms with Crippen LogP contribution >= 0.6 is 11.3 Å². The van der Waals surface area contributed by atoms with E-state index >= 15 is 0 Å². The van der Waals surface area contributed by atoms with Gasteiger partial charge in [0.1, 0.15) is 17.9 Å². The van der Waals surface area contributed by atoms with Gasteiger partial charge in [0.05, 0.1) is 52.5 Å². The number of β-amino-alcohol motifs (C(OH)–C–C–N with tert-alkyl or cyclic N) is 1. The van der Waals surface area contributed by atoms with Crippen molar-refractivity contribution in [1.29, 1.82) is 0 Å². The number of anilines is 1. The lowest BCUT2D eigenvalue weighted by Gasteiger charge is -2.35. The fourth-order valence-corrected chi connectivity index (χ4v) is 12.5. The number of nitrogens with one attached hydrogen (secondary N) is 3. The van der Waals surface area contributed by atoms with Crippen molar-refractivity contribution >= 4 is 69.7 Å². The Bertz CT molecular complexity index is 3730. The van der Waals surface area contributed by atoms with E-state index in [0.29, 0.717) is 63.4 Å². The molecule has 3 aliphatic heterocycles. The number of hydrogen-bond acceptors (Lipinski definition) is 13. The number of unbranched alkanes of at least 4 members (excludes halogenated alkanes) is 3. The molecule has 4 atom stereocenters. The number of carbonyl (C=O) groups excluding carboxylic acids is 5. The first kappa shape index (κ1) is 62.4. The van der Waals surface area contributed by atoms with Crippen molar-refractivity contribution in [3.05, 3.63) is 160 Å². The molecule has 4 N–H and O–H groups in total. The van der Waals surface area contributed by atoms with Crippen molar-refractivity contribution in [2.75, 3.05) is 58.2 Å². The number of para-hydroxylation sites is 1. The number of aliphatic hydroxyl groups excluding tert-OH is 1. The SMILES string of the molecule is CNc1nc(-c2cnc3ccccc3c2)nc2c1CCN(C(=O)c1ccc(/C=C/c3ccc(C#CCN4CCN(C(=O)CCCCCCC(=O)N[C@H](C(=O)N5C[C@H](O)C[C@H]5C(=O)N[C@@H](C)c5ccc(-c6scnc6C)cc5)C(C)(C)C)CC4)cc3)cc1)C2. The van der Waals surface area contributed by atoms with E-state index in [-0.39, 0.29) is 55.0 Å². The molecule has 3 aliphatic rings. The van der Waals surface area contributed by atoms with Gasteiger partial charge in [-0.2, -0.15) is 0 Å². The number of nitrogens with zero attached hydrogens (tertiary/aromatic N) is 8. The summed E-state index contributed by atoms with van der Waals surface area (Å²) in [5.74, 6) is 7.08. The summed E-state index contributed by atoms with van der Waals surface area (Å²) in [4.78, 5) is 95.5. The third-order valence-corrected chi connectivity index (χ3v) is 17.8. The molecular weight excluding hydrogens is 1120 g/mol. The molecule has 456 valence electrons. The smallest absolute Gasteiger partial charge is 0.254 e. The first-order chi connectivity index (χ1) is 42.5. The summed E-state index contributed by atoms with van der Waals surface area (Å²) >= 11 is 1.58. The van der Waals surface area contributed by atoms with Crippen LogP contribution in [0.5, 0.6) is 0 Å². The van der Waals surface area contributed by atoms with Crippen LogP contribution in [-0.4, -0.2) is 145 Å². The summed E-state index contributed by atoms with van der Waals surface area (Å²) in [7, 11) is 1.86. The molecule has 4 aromatic carbocycles. The lowest BCUT2D eigenvalue weighted by molar-refractivity contribution is -0.144. The third kappa shape index (κ3) is 15.5. The number of rotatable bonds is 19. The van der Waals surface area contributed by atoms with E-state index in [0.717, 1.165) is 104 Å². The second-order valence-electron chi connectivity index (χ2n) is 24.3. The highest BCUT2D eigenvalue weighted by atomic mass is 32.1. The van der Waals surface area contributed by atoms with E-state index in [4.69, 9.17) is 9.97 Å². The molecule has 0 bridgehead atoms. The van der Waals surface area contributed by atoms with Gasteiger partial charge >= 0.3 is 0 Å². The van der Waals surface area contributed by atoms with Crippen molar-refractivity contribution in [2.45, 2.75) is 117 Å². The number of amides is 5. The normalized spacial score (nSPS) is 16.8. The monoisotopic (exact) mass is 1200 g/mol. The van der Waals surface area contributed by atoms with Gasteiger partial charge in [0.25, 0.3) is 5.91 Å². The van der Waals surface area contributed by atoms with Crippen LogP contribution in [0.15, 0.2) is 115 Å². The van der Waals surface area contributed by atoms with E-state index < -0.39 is 23.6 Å². The molecular formula is C70H79N11O6S. The highest BCUT2D eigenvalue weighted by Crippen LogP contribution is 2.32. The molecule has 6 heterocycles. The first-order valence-electron chi connectivity index (χ1n) is 30.7. The lowest BCUT2D eigenvalue weighted by Crippen LogP contribution is -2.57. The van der Waals surface area contributed by atoms with Gasteiger partial charge < -0.3 is 35.8 Å². The fourth-order valence-electron chi connectivity index (χ4n) is 11.7. The number of piperazine rings is 1. The van der Waals surface area contributed by atoms with Gasteiger partial charge in [0, 0.05) is 99.4 Å². The molecule has 0 spiro atoms. The summed E-state index contributed by atoms with van der Waals surface area (Å²) in [5.41, 5.74) is 11.3. The summed E-state index contributed by atoms with van der Waals surface area (Å²) in [6.07, 6.45) is 9.40. The number of pyridine rings is 1. The zero-order valence-corrected chi connectivity index (χ0v) is 52.0. The number of fused-ring (bicyclic) bond motifs is 2. The van der Waals surface area contributed by atoms with Crippen LogP contribution in [0.25, 0.3) is 44.9 Å². The minimum atomic E-state index is -0.897.